The fraction of sp³-hybridized carbons (Fsp3) is 0.500. The van der Waals surface area contributed by atoms with E-state index in [1.807, 2.05) is 6.92 Å². The Morgan fingerprint density at radius 3 is 2.21 bits per heavy atom. The summed E-state index contributed by atoms with van der Waals surface area (Å²) >= 11 is 0. The summed E-state index contributed by atoms with van der Waals surface area (Å²) in [5.74, 6) is -1.77. The molecular weight excluding hydrogens is 327 g/mol. The van der Waals surface area contributed by atoms with Gasteiger partial charge >= 0.3 is 12.1 Å². The van der Waals surface area contributed by atoms with Gasteiger partial charge in [0.2, 0.25) is 0 Å². The van der Waals surface area contributed by atoms with Gasteiger partial charge < -0.3 is 15.2 Å². The maximum Gasteiger partial charge on any atom is 0.416 e. The summed E-state index contributed by atoms with van der Waals surface area (Å²) in [6, 6.07) is 2.64. The molecular formula is C16H20F3NO4. The van der Waals surface area contributed by atoms with E-state index in [9.17, 15) is 27.9 Å². The van der Waals surface area contributed by atoms with E-state index in [4.69, 9.17) is 0 Å². The van der Waals surface area contributed by atoms with E-state index in [2.05, 4.69) is 10.1 Å². The molecule has 0 saturated carbocycles. The van der Waals surface area contributed by atoms with Gasteiger partial charge in [0.15, 0.2) is 6.10 Å². The highest BCUT2D eigenvalue weighted by molar-refractivity contribution is 5.87. The summed E-state index contributed by atoms with van der Waals surface area (Å²) < 4.78 is 42.2. The van der Waals surface area contributed by atoms with E-state index < -0.39 is 35.8 Å². The number of amides is 1. The Hall–Kier alpha value is -2.09. The Balaban J connectivity index is 2.88. The fourth-order valence-corrected chi connectivity index (χ4v) is 2.03. The van der Waals surface area contributed by atoms with Gasteiger partial charge in [0, 0.05) is 0 Å². The van der Waals surface area contributed by atoms with Crippen LogP contribution in [0.5, 0.6) is 0 Å². The minimum atomic E-state index is -4.50. The van der Waals surface area contributed by atoms with E-state index in [0.29, 0.717) is 6.42 Å². The molecule has 3 atom stereocenters. The lowest BCUT2D eigenvalue weighted by Gasteiger charge is -2.23. The van der Waals surface area contributed by atoms with Crippen molar-refractivity contribution >= 4 is 11.9 Å². The smallest absolute Gasteiger partial charge is 0.416 e. The maximum atomic E-state index is 12.5. The fourth-order valence-electron chi connectivity index (χ4n) is 2.03. The van der Waals surface area contributed by atoms with E-state index >= 15 is 0 Å². The standard InChI is InChI=1S/C16H20F3NO4/c1-4-9(2)12(15(23)24-3)20-14(22)13(21)10-5-7-11(8-6-10)16(17,18)19/h5-9,12-13,21H,4H2,1-3H3,(H,20,22)/t9-,12+,13-/m1/s1. The Labute approximate surface area is 137 Å². The number of benzene rings is 1. The number of hydrogen-bond acceptors (Lipinski definition) is 4. The summed E-state index contributed by atoms with van der Waals surface area (Å²) in [5, 5.41) is 12.4. The molecule has 8 heteroatoms. The first-order valence-electron chi connectivity index (χ1n) is 7.35. The van der Waals surface area contributed by atoms with Crippen LogP contribution in [0.3, 0.4) is 0 Å². The molecule has 0 spiro atoms. The van der Waals surface area contributed by atoms with Gasteiger partial charge in [-0.25, -0.2) is 4.79 Å². The minimum Gasteiger partial charge on any atom is -0.467 e. The van der Waals surface area contributed by atoms with Crippen LogP contribution in [-0.4, -0.2) is 30.1 Å². The predicted molar refractivity (Wildman–Crippen MR) is 79.8 cm³/mol. The number of aliphatic hydroxyl groups excluding tert-OH is 1. The number of carbonyl (C=O) groups is 2. The van der Waals surface area contributed by atoms with Crippen molar-refractivity contribution in [2.75, 3.05) is 7.11 Å². The summed E-state index contributed by atoms with van der Waals surface area (Å²) in [7, 11) is 1.18. The van der Waals surface area contributed by atoms with E-state index in [1.165, 1.54) is 7.11 Å². The average Bonchev–Trinajstić information content (AvgIpc) is 2.56. The van der Waals surface area contributed by atoms with E-state index in [1.54, 1.807) is 6.92 Å². The molecule has 0 saturated heterocycles. The highest BCUT2D eigenvalue weighted by Gasteiger charge is 2.32. The molecule has 0 aliphatic carbocycles. The number of hydrogen-bond donors (Lipinski definition) is 2. The molecule has 1 rings (SSSR count). The topological polar surface area (TPSA) is 75.6 Å². The van der Waals surface area contributed by atoms with Crippen LogP contribution >= 0.6 is 0 Å². The van der Waals surface area contributed by atoms with Crippen molar-refractivity contribution < 1.29 is 32.6 Å². The zero-order valence-electron chi connectivity index (χ0n) is 13.6. The van der Waals surface area contributed by atoms with Crippen LogP contribution in [0, 0.1) is 5.92 Å². The number of nitrogens with one attached hydrogen (secondary N) is 1. The van der Waals surface area contributed by atoms with Crippen LogP contribution in [0.15, 0.2) is 24.3 Å². The third-order valence-corrected chi connectivity index (χ3v) is 3.77. The molecule has 0 fully saturated rings. The first-order chi connectivity index (χ1) is 11.1. The minimum absolute atomic E-state index is 0.00623. The van der Waals surface area contributed by atoms with E-state index in [0.717, 1.165) is 24.3 Å². The number of carbonyl (C=O) groups excluding carboxylic acids is 2. The number of rotatable bonds is 6. The van der Waals surface area contributed by atoms with Gasteiger partial charge in [-0.05, 0) is 23.6 Å². The van der Waals surface area contributed by atoms with Gasteiger partial charge in [0.1, 0.15) is 6.04 Å². The van der Waals surface area contributed by atoms with Crippen LogP contribution in [0.1, 0.15) is 37.5 Å². The largest absolute Gasteiger partial charge is 0.467 e. The molecule has 0 heterocycles. The highest BCUT2D eigenvalue weighted by atomic mass is 19.4. The maximum absolute atomic E-state index is 12.5. The molecule has 0 aromatic heterocycles. The van der Waals surface area contributed by atoms with Gasteiger partial charge in [-0.1, -0.05) is 32.4 Å². The zero-order valence-corrected chi connectivity index (χ0v) is 13.6. The molecule has 0 unspecified atom stereocenters. The third kappa shape index (κ3) is 4.95. The lowest BCUT2D eigenvalue weighted by atomic mass is 9.98. The van der Waals surface area contributed by atoms with Gasteiger partial charge in [-0.3, -0.25) is 4.79 Å². The lowest BCUT2D eigenvalue weighted by Crippen LogP contribution is -2.47. The molecule has 134 valence electrons. The zero-order chi connectivity index (χ0) is 18.5. The Kier molecular flexibility index (Phi) is 6.77. The first-order valence-corrected chi connectivity index (χ1v) is 7.35. The average molecular weight is 347 g/mol. The quantitative estimate of drug-likeness (QED) is 0.775. The Morgan fingerprint density at radius 1 is 1.25 bits per heavy atom. The molecule has 5 nitrogen and oxygen atoms in total. The van der Waals surface area contributed by atoms with Crippen LogP contribution in [0.25, 0.3) is 0 Å². The summed E-state index contributed by atoms with van der Waals surface area (Å²) in [4.78, 5) is 23.8. The lowest BCUT2D eigenvalue weighted by molar-refractivity contribution is -0.148. The highest BCUT2D eigenvalue weighted by Crippen LogP contribution is 2.30. The van der Waals surface area contributed by atoms with Crippen molar-refractivity contribution in [1.82, 2.24) is 5.32 Å². The van der Waals surface area contributed by atoms with Crippen LogP contribution in [-0.2, 0) is 20.5 Å². The second-order valence-corrected chi connectivity index (χ2v) is 5.42. The summed E-state index contributed by atoms with van der Waals surface area (Å²) in [6.45, 7) is 3.55. The van der Waals surface area contributed by atoms with Crippen molar-refractivity contribution in [3.8, 4) is 0 Å². The molecule has 1 aromatic carbocycles. The number of ether oxygens (including phenoxy) is 1. The second-order valence-electron chi connectivity index (χ2n) is 5.42. The second kappa shape index (κ2) is 8.14. The van der Waals surface area contributed by atoms with Crippen molar-refractivity contribution in [1.29, 1.82) is 0 Å². The molecule has 0 bridgehead atoms. The Bertz CT molecular complexity index is 572. The monoisotopic (exact) mass is 347 g/mol. The van der Waals surface area contributed by atoms with Gasteiger partial charge in [-0.2, -0.15) is 13.2 Å². The van der Waals surface area contributed by atoms with Crippen molar-refractivity contribution in [3.05, 3.63) is 35.4 Å². The summed E-state index contributed by atoms with van der Waals surface area (Å²) in [5.41, 5.74) is -0.890. The van der Waals surface area contributed by atoms with Crippen molar-refractivity contribution in [2.45, 2.75) is 38.6 Å². The van der Waals surface area contributed by atoms with Gasteiger partial charge in [0.05, 0.1) is 12.7 Å². The van der Waals surface area contributed by atoms with Crippen LogP contribution in [0.4, 0.5) is 13.2 Å². The van der Waals surface area contributed by atoms with E-state index in [-0.39, 0.29) is 11.5 Å². The predicted octanol–water partition coefficient (Wildman–Crippen LogP) is 2.44. The Morgan fingerprint density at radius 2 is 1.79 bits per heavy atom. The SMILES string of the molecule is CC[C@@H](C)[C@H](NC(=O)[C@H](O)c1ccc(C(F)(F)F)cc1)C(=O)OC. The van der Waals surface area contributed by atoms with Crippen molar-refractivity contribution in [2.24, 2.45) is 5.92 Å². The molecule has 2 N–H and O–H groups in total. The molecule has 0 aliphatic heterocycles. The molecule has 0 radical (unpaired) electrons. The number of halogens is 3. The normalized spacial score (nSPS) is 15.3. The van der Waals surface area contributed by atoms with Crippen molar-refractivity contribution in [3.63, 3.8) is 0 Å². The molecule has 0 aliphatic rings. The molecule has 1 aromatic rings. The first kappa shape index (κ1) is 20.0. The number of esters is 1. The number of methoxy groups -OCH3 is 1. The van der Waals surface area contributed by atoms with Gasteiger partial charge in [0.25, 0.3) is 5.91 Å². The summed E-state index contributed by atoms with van der Waals surface area (Å²) in [6.07, 6.45) is -5.61. The molecule has 24 heavy (non-hydrogen) atoms. The van der Waals surface area contributed by atoms with Crippen LogP contribution in [0.2, 0.25) is 0 Å². The molecule has 1 amide bonds. The number of aliphatic hydroxyl groups is 1. The van der Waals surface area contributed by atoms with Crippen LogP contribution < -0.4 is 5.32 Å². The number of alkyl halides is 3. The van der Waals surface area contributed by atoms with Gasteiger partial charge in [-0.15, -0.1) is 0 Å². The third-order valence-electron chi connectivity index (χ3n) is 3.77.